The normalized spacial score (nSPS) is 15.2. The van der Waals surface area contributed by atoms with E-state index in [0.29, 0.717) is 5.88 Å². The van der Waals surface area contributed by atoms with Gasteiger partial charge in [0, 0.05) is 22.7 Å². The van der Waals surface area contributed by atoms with Crippen molar-refractivity contribution in [1.82, 2.24) is 4.48 Å². The molecule has 0 spiro atoms. The van der Waals surface area contributed by atoms with Crippen molar-refractivity contribution < 1.29 is 0 Å². The molecule has 0 amide bonds. The van der Waals surface area contributed by atoms with Gasteiger partial charge in [0.15, 0.2) is 0 Å². The molecule has 5 heteroatoms. The zero-order valence-corrected chi connectivity index (χ0v) is 27.2. The maximum atomic E-state index is 6.37. The highest BCUT2D eigenvalue weighted by Crippen LogP contribution is 2.36. The standard InChI is InChI=1S/C37H43BClN3/c1-10-31-27(21-28(36(4,5)6)22-32(31)37(7,8)9)15-18-30-20-24(2)35(41-30)34(33-12-11-19-42(33)38)26-13-16-29(17-14-26)40-25(3)23-39/h11-22,40H,3,10,23H2,1-2,4-9H3/b18-15+,35-34-. The Labute approximate surface area is 259 Å². The molecule has 3 nitrogen and oxygen atoms in total. The van der Waals surface area contributed by atoms with E-state index in [2.05, 4.69) is 110 Å². The summed E-state index contributed by atoms with van der Waals surface area (Å²) in [4.78, 5) is 5.14. The molecule has 2 heterocycles. The van der Waals surface area contributed by atoms with E-state index < -0.39 is 0 Å². The first kappa shape index (κ1) is 31.4. The summed E-state index contributed by atoms with van der Waals surface area (Å²) in [6.07, 6.45) is 9.37. The van der Waals surface area contributed by atoms with Crippen LogP contribution in [0, 0.1) is 0 Å². The highest BCUT2D eigenvalue weighted by Gasteiger charge is 2.24. The molecular formula is C37H43BClN3. The molecule has 0 unspecified atom stereocenters. The second-order valence-corrected chi connectivity index (χ2v) is 13.4. The predicted octanol–water partition coefficient (Wildman–Crippen LogP) is 9.62. The van der Waals surface area contributed by atoms with Crippen LogP contribution >= 0.6 is 11.6 Å². The van der Waals surface area contributed by atoms with Crippen LogP contribution in [0.1, 0.15) is 88.9 Å². The van der Waals surface area contributed by atoms with Crippen LogP contribution in [-0.4, -0.2) is 24.1 Å². The minimum Gasteiger partial charge on any atom is -0.403 e. The fourth-order valence-corrected chi connectivity index (χ4v) is 5.43. The zero-order chi connectivity index (χ0) is 30.8. The Morgan fingerprint density at radius 1 is 1.02 bits per heavy atom. The molecule has 0 fully saturated rings. The van der Waals surface area contributed by atoms with Crippen LogP contribution < -0.4 is 5.32 Å². The lowest BCUT2D eigenvalue weighted by Crippen LogP contribution is -2.19. The first-order valence-corrected chi connectivity index (χ1v) is 15.2. The van der Waals surface area contributed by atoms with Crippen molar-refractivity contribution in [2.75, 3.05) is 11.2 Å². The number of nitrogens with one attached hydrogen (secondary N) is 1. The third kappa shape index (κ3) is 6.93. The number of anilines is 1. The van der Waals surface area contributed by atoms with Crippen molar-refractivity contribution in [1.29, 1.82) is 0 Å². The van der Waals surface area contributed by atoms with Crippen LogP contribution in [0.2, 0.25) is 0 Å². The van der Waals surface area contributed by atoms with Crippen molar-refractivity contribution >= 4 is 42.6 Å². The number of hydrogen-bond donors (Lipinski definition) is 1. The van der Waals surface area contributed by atoms with Gasteiger partial charge in [-0.1, -0.05) is 85.4 Å². The van der Waals surface area contributed by atoms with Crippen molar-refractivity contribution in [3.63, 3.8) is 0 Å². The Morgan fingerprint density at radius 3 is 2.26 bits per heavy atom. The molecule has 1 aliphatic heterocycles. The Kier molecular flexibility index (Phi) is 9.28. The fourth-order valence-electron chi connectivity index (χ4n) is 5.36. The predicted molar refractivity (Wildman–Crippen MR) is 185 cm³/mol. The van der Waals surface area contributed by atoms with Crippen molar-refractivity contribution in [2.24, 2.45) is 4.99 Å². The number of allylic oxidation sites excluding steroid dienone is 4. The van der Waals surface area contributed by atoms with Crippen molar-refractivity contribution in [2.45, 2.75) is 72.6 Å². The van der Waals surface area contributed by atoms with Crippen LogP contribution in [0.3, 0.4) is 0 Å². The van der Waals surface area contributed by atoms with E-state index in [4.69, 9.17) is 24.6 Å². The second kappa shape index (κ2) is 12.4. The number of aromatic nitrogens is 1. The van der Waals surface area contributed by atoms with E-state index in [0.717, 1.165) is 51.6 Å². The van der Waals surface area contributed by atoms with Gasteiger partial charge in [0.2, 0.25) is 7.98 Å². The summed E-state index contributed by atoms with van der Waals surface area (Å²) in [5, 5.41) is 3.24. The van der Waals surface area contributed by atoms with E-state index >= 15 is 0 Å². The van der Waals surface area contributed by atoms with E-state index in [-0.39, 0.29) is 10.8 Å². The minimum atomic E-state index is 0.0560. The molecular weight excluding hydrogens is 533 g/mol. The first-order chi connectivity index (χ1) is 19.7. The van der Waals surface area contributed by atoms with Gasteiger partial charge in [-0.2, -0.15) is 0 Å². The molecule has 0 saturated carbocycles. The summed E-state index contributed by atoms with van der Waals surface area (Å²) in [5.41, 5.74) is 13.1. The van der Waals surface area contributed by atoms with Gasteiger partial charge in [-0.15, -0.1) is 11.6 Å². The SMILES string of the molecule is [B]n1cccc1/C(=C1N=C(/C=C/c2cc(C(C)(C)C)cc(C(C)(C)C)c2CC)C=C\1C)c1ccc(NC(=C)CCl)cc1. The molecule has 0 aliphatic carbocycles. The van der Waals surface area contributed by atoms with Crippen LogP contribution in [0.5, 0.6) is 0 Å². The highest BCUT2D eigenvalue weighted by molar-refractivity contribution is 6.19. The van der Waals surface area contributed by atoms with Gasteiger partial charge in [-0.05, 0) is 100 Å². The first-order valence-electron chi connectivity index (χ1n) is 14.6. The number of halogens is 1. The van der Waals surface area contributed by atoms with E-state index in [1.54, 1.807) is 4.48 Å². The van der Waals surface area contributed by atoms with Gasteiger partial charge in [0.25, 0.3) is 0 Å². The molecule has 216 valence electrons. The van der Waals surface area contributed by atoms with Gasteiger partial charge in [-0.3, -0.25) is 0 Å². The Bertz CT molecular complexity index is 1600. The second-order valence-electron chi connectivity index (χ2n) is 13.1. The lowest BCUT2D eigenvalue weighted by molar-refractivity contribution is 0.563. The summed E-state index contributed by atoms with van der Waals surface area (Å²) < 4.78 is 1.65. The molecule has 2 radical (unpaired) electrons. The van der Waals surface area contributed by atoms with Gasteiger partial charge < -0.3 is 9.79 Å². The number of benzene rings is 2. The zero-order valence-electron chi connectivity index (χ0n) is 26.4. The largest absolute Gasteiger partial charge is 0.403 e. The molecule has 2 aromatic carbocycles. The number of nitrogens with zero attached hydrogens (tertiary/aromatic N) is 2. The number of aliphatic imine (C=N–C) groups is 1. The van der Waals surface area contributed by atoms with E-state index in [1.165, 1.54) is 22.3 Å². The summed E-state index contributed by atoms with van der Waals surface area (Å²) in [6.45, 7) is 22.0. The van der Waals surface area contributed by atoms with Crippen LogP contribution in [0.15, 0.2) is 95.4 Å². The minimum absolute atomic E-state index is 0.0560. The van der Waals surface area contributed by atoms with Gasteiger partial charge in [0.1, 0.15) is 0 Å². The third-order valence-electron chi connectivity index (χ3n) is 7.65. The Hall–Kier alpha value is -3.50. The van der Waals surface area contributed by atoms with Gasteiger partial charge >= 0.3 is 0 Å². The molecule has 1 aliphatic rings. The molecule has 3 aromatic rings. The molecule has 0 atom stereocenters. The Morgan fingerprint density at radius 2 is 1.71 bits per heavy atom. The summed E-state index contributed by atoms with van der Waals surface area (Å²) in [5.74, 6) is 0.352. The molecule has 1 aromatic heterocycles. The summed E-state index contributed by atoms with van der Waals surface area (Å²) >= 11 is 5.91. The molecule has 0 saturated heterocycles. The average Bonchev–Trinajstić information content (AvgIpc) is 3.51. The van der Waals surface area contributed by atoms with Crippen LogP contribution in [-0.2, 0) is 17.3 Å². The molecule has 42 heavy (non-hydrogen) atoms. The fraction of sp³-hybridized carbons (Fsp3) is 0.324. The van der Waals surface area contributed by atoms with E-state index in [9.17, 15) is 0 Å². The van der Waals surface area contributed by atoms with Gasteiger partial charge in [-0.25, -0.2) is 4.99 Å². The summed E-state index contributed by atoms with van der Waals surface area (Å²) in [7, 11) is 6.37. The van der Waals surface area contributed by atoms with E-state index in [1.807, 2.05) is 30.5 Å². The maximum Gasteiger partial charge on any atom is 0.234 e. The number of hydrogen-bond acceptors (Lipinski definition) is 2. The third-order valence-corrected chi connectivity index (χ3v) is 7.97. The maximum absolute atomic E-state index is 6.37. The smallest absolute Gasteiger partial charge is 0.234 e. The monoisotopic (exact) mass is 575 g/mol. The Balaban J connectivity index is 1.81. The average molecular weight is 576 g/mol. The lowest BCUT2D eigenvalue weighted by Gasteiger charge is -2.29. The topological polar surface area (TPSA) is 29.3 Å². The van der Waals surface area contributed by atoms with Crippen LogP contribution in [0.4, 0.5) is 5.69 Å². The lowest BCUT2D eigenvalue weighted by atomic mass is 9.76. The van der Waals surface area contributed by atoms with Gasteiger partial charge in [0.05, 0.1) is 17.3 Å². The number of rotatable bonds is 8. The van der Waals surface area contributed by atoms with Crippen LogP contribution in [0.25, 0.3) is 11.6 Å². The molecule has 0 bridgehead atoms. The highest BCUT2D eigenvalue weighted by atomic mass is 35.5. The molecule has 1 N–H and O–H groups in total. The number of alkyl halides is 1. The quantitative estimate of drug-likeness (QED) is 0.210. The van der Waals surface area contributed by atoms with Crippen molar-refractivity contribution in [3.8, 4) is 0 Å². The van der Waals surface area contributed by atoms with Crippen molar-refractivity contribution in [3.05, 3.63) is 124 Å². The molecule has 4 rings (SSSR count). The summed E-state index contributed by atoms with van der Waals surface area (Å²) in [6, 6.07) is 17.0.